The van der Waals surface area contributed by atoms with Crippen molar-refractivity contribution in [1.29, 1.82) is 0 Å². The molecule has 3 rings (SSSR count). The maximum Gasteiger partial charge on any atom is 0.242 e. The molecule has 0 bridgehead atoms. The lowest BCUT2D eigenvalue weighted by molar-refractivity contribution is -0.116. The van der Waals surface area contributed by atoms with Crippen molar-refractivity contribution in [2.75, 3.05) is 19.4 Å². The average Bonchev–Trinajstić information content (AvgIpc) is 3.06. The van der Waals surface area contributed by atoms with Crippen LogP contribution in [0.5, 0.6) is 0 Å². The van der Waals surface area contributed by atoms with Gasteiger partial charge in [-0.3, -0.25) is 4.79 Å². The molecule has 1 N–H and O–H groups in total. The molecule has 1 heterocycles. The minimum absolute atomic E-state index is 0.0777. The molecule has 0 aliphatic rings. The number of nitrogens with one attached hydrogen (secondary N) is 1. The van der Waals surface area contributed by atoms with Crippen molar-refractivity contribution in [3.05, 3.63) is 53.8 Å². The van der Waals surface area contributed by atoms with Crippen molar-refractivity contribution in [3.63, 3.8) is 0 Å². The van der Waals surface area contributed by atoms with Gasteiger partial charge in [0.25, 0.3) is 0 Å². The smallest absolute Gasteiger partial charge is 0.242 e. The van der Waals surface area contributed by atoms with Crippen LogP contribution >= 0.6 is 11.6 Å². The molecule has 2 aromatic carbocycles. The van der Waals surface area contributed by atoms with Gasteiger partial charge in [-0.15, -0.1) is 0 Å². The minimum atomic E-state index is -3.50. The summed E-state index contributed by atoms with van der Waals surface area (Å²) in [6.45, 7) is 0.602. The summed E-state index contributed by atoms with van der Waals surface area (Å²) in [7, 11) is -0.510. The van der Waals surface area contributed by atoms with Crippen molar-refractivity contribution in [2.45, 2.75) is 24.3 Å². The van der Waals surface area contributed by atoms with Gasteiger partial charge in [0.15, 0.2) is 0 Å². The Morgan fingerprint density at radius 1 is 1.18 bits per heavy atom. The summed E-state index contributed by atoms with van der Waals surface area (Å²) in [4.78, 5) is 16.6. The number of anilines is 1. The largest absolute Gasteiger partial charge is 0.331 e. The van der Waals surface area contributed by atoms with E-state index in [1.807, 2.05) is 4.57 Å². The molecular formula is C19H21ClN4O3S. The van der Waals surface area contributed by atoms with E-state index in [0.717, 1.165) is 5.52 Å². The summed E-state index contributed by atoms with van der Waals surface area (Å²) in [5.41, 5.74) is 2.14. The van der Waals surface area contributed by atoms with Gasteiger partial charge in [-0.05, 0) is 48.9 Å². The summed E-state index contributed by atoms with van der Waals surface area (Å²) in [5.74, 6) is -0.0777. The quantitative estimate of drug-likeness (QED) is 0.635. The van der Waals surface area contributed by atoms with Gasteiger partial charge >= 0.3 is 0 Å². The molecule has 0 unspecified atom stereocenters. The van der Waals surface area contributed by atoms with Crippen LogP contribution in [-0.4, -0.2) is 42.3 Å². The molecule has 9 heteroatoms. The first-order valence-electron chi connectivity index (χ1n) is 8.70. The van der Waals surface area contributed by atoms with Crippen molar-refractivity contribution >= 4 is 44.3 Å². The number of carbonyl (C=O) groups is 1. The second-order valence-electron chi connectivity index (χ2n) is 6.53. The Hall–Kier alpha value is -2.42. The molecule has 148 valence electrons. The van der Waals surface area contributed by atoms with Crippen LogP contribution in [0.25, 0.3) is 11.0 Å². The van der Waals surface area contributed by atoms with E-state index in [4.69, 9.17) is 11.6 Å². The first-order valence-corrected chi connectivity index (χ1v) is 10.5. The van der Waals surface area contributed by atoms with Crippen LogP contribution in [0.1, 0.15) is 12.8 Å². The molecule has 7 nitrogen and oxygen atoms in total. The predicted octanol–water partition coefficient (Wildman–Crippen LogP) is 3.36. The van der Waals surface area contributed by atoms with Crippen molar-refractivity contribution < 1.29 is 13.2 Å². The standard InChI is InChI=1S/C19H21ClN4O3S/c1-23(2)28(26,27)16-9-10-18-17(12-16)21-13-24(18)11-3-4-19(25)22-15-7-5-14(20)6-8-15/h5-10,12-13H,3-4,11H2,1-2H3,(H,22,25). The minimum Gasteiger partial charge on any atom is -0.331 e. The topological polar surface area (TPSA) is 84.3 Å². The number of aromatic nitrogens is 2. The van der Waals surface area contributed by atoms with E-state index in [9.17, 15) is 13.2 Å². The maximum absolute atomic E-state index is 12.2. The highest BCUT2D eigenvalue weighted by Gasteiger charge is 2.18. The zero-order chi connectivity index (χ0) is 20.3. The van der Waals surface area contributed by atoms with E-state index in [2.05, 4.69) is 10.3 Å². The molecule has 0 aliphatic heterocycles. The molecule has 0 saturated carbocycles. The molecule has 0 aliphatic carbocycles. The van der Waals surface area contributed by atoms with Crippen LogP contribution in [0.3, 0.4) is 0 Å². The highest BCUT2D eigenvalue weighted by molar-refractivity contribution is 7.89. The number of hydrogen-bond acceptors (Lipinski definition) is 4. The number of hydrogen-bond donors (Lipinski definition) is 1. The third-order valence-electron chi connectivity index (χ3n) is 4.30. The number of nitrogens with zero attached hydrogens (tertiary/aromatic N) is 3. The second kappa shape index (κ2) is 8.30. The zero-order valence-corrected chi connectivity index (χ0v) is 17.2. The molecule has 0 spiro atoms. The highest BCUT2D eigenvalue weighted by Crippen LogP contribution is 2.20. The molecule has 3 aromatic rings. The summed E-state index contributed by atoms with van der Waals surface area (Å²) >= 11 is 5.83. The SMILES string of the molecule is CN(C)S(=O)(=O)c1ccc2c(c1)ncn2CCCC(=O)Nc1ccc(Cl)cc1. The first kappa shape index (κ1) is 20.3. The highest BCUT2D eigenvalue weighted by atomic mass is 35.5. The third kappa shape index (κ3) is 4.52. The van der Waals surface area contributed by atoms with E-state index in [1.54, 1.807) is 48.8 Å². The van der Waals surface area contributed by atoms with Crippen molar-refractivity contribution in [1.82, 2.24) is 13.9 Å². The number of benzene rings is 2. The maximum atomic E-state index is 12.2. The Kier molecular flexibility index (Phi) is 6.02. The summed E-state index contributed by atoms with van der Waals surface area (Å²) < 4.78 is 27.6. The second-order valence-corrected chi connectivity index (χ2v) is 9.12. The zero-order valence-electron chi connectivity index (χ0n) is 15.6. The Morgan fingerprint density at radius 2 is 1.89 bits per heavy atom. The van der Waals surface area contributed by atoms with E-state index in [0.29, 0.717) is 35.6 Å². The Labute approximate surface area is 169 Å². The number of amides is 1. The fourth-order valence-electron chi connectivity index (χ4n) is 2.76. The molecule has 28 heavy (non-hydrogen) atoms. The molecule has 0 atom stereocenters. The van der Waals surface area contributed by atoms with Gasteiger partial charge in [0.1, 0.15) is 0 Å². The van der Waals surface area contributed by atoms with Crippen LogP contribution in [0.15, 0.2) is 53.7 Å². The average molecular weight is 421 g/mol. The number of sulfonamides is 1. The lowest BCUT2D eigenvalue weighted by Crippen LogP contribution is -2.22. The van der Waals surface area contributed by atoms with Gasteiger partial charge in [0, 0.05) is 37.8 Å². The van der Waals surface area contributed by atoms with Crippen LogP contribution in [0.2, 0.25) is 5.02 Å². The fraction of sp³-hybridized carbons (Fsp3) is 0.263. The van der Waals surface area contributed by atoms with E-state index < -0.39 is 10.0 Å². The normalized spacial score (nSPS) is 11.9. The van der Waals surface area contributed by atoms with Gasteiger partial charge in [-0.2, -0.15) is 0 Å². The number of rotatable bonds is 7. The van der Waals surface area contributed by atoms with Gasteiger partial charge in [0.05, 0.1) is 22.3 Å². The Balaban J connectivity index is 1.62. The van der Waals surface area contributed by atoms with E-state index in [1.165, 1.54) is 18.4 Å². The molecule has 0 radical (unpaired) electrons. The van der Waals surface area contributed by atoms with Gasteiger partial charge in [-0.1, -0.05) is 11.6 Å². The fourth-order valence-corrected chi connectivity index (χ4v) is 3.81. The Morgan fingerprint density at radius 3 is 2.57 bits per heavy atom. The number of halogens is 1. The lowest BCUT2D eigenvalue weighted by atomic mass is 10.2. The Bertz CT molecular complexity index is 1090. The van der Waals surface area contributed by atoms with Crippen LogP contribution in [0, 0.1) is 0 Å². The van der Waals surface area contributed by atoms with Crippen LogP contribution in [0.4, 0.5) is 5.69 Å². The number of carbonyl (C=O) groups excluding carboxylic acids is 1. The predicted molar refractivity (Wildman–Crippen MR) is 110 cm³/mol. The van der Waals surface area contributed by atoms with E-state index in [-0.39, 0.29) is 10.8 Å². The summed E-state index contributed by atoms with van der Waals surface area (Å²) in [5, 5.41) is 3.44. The van der Waals surface area contributed by atoms with E-state index >= 15 is 0 Å². The van der Waals surface area contributed by atoms with Crippen molar-refractivity contribution in [2.24, 2.45) is 0 Å². The number of aryl methyl sites for hydroxylation is 1. The van der Waals surface area contributed by atoms with Crippen molar-refractivity contribution in [3.8, 4) is 0 Å². The lowest BCUT2D eigenvalue weighted by Gasteiger charge is -2.11. The third-order valence-corrected chi connectivity index (χ3v) is 6.36. The van der Waals surface area contributed by atoms with Gasteiger partial charge in [0.2, 0.25) is 15.9 Å². The van der Waals surface area contributed by atoms with Crippen LogP contribution < -0.4 is 5.32 Å². The molecule has 0 fully saturated rings. The first-order chi connectivity index (χ1) is 13.3. The molecule has 1 amide bonds. The number of fused-ring (bicyclic) bond motifs is 1. The summed E-state index contributed by atoms with van der Waals surface area (Å²) in [6.07, 6.45) is 2.64. The van der Waals surface area contributed by atoms with Crippen LogP contribution in [-0.2, 0) is 21.4 Å². The monoisotopic (exact) mass is 420 g/mol. The number of imidazole rings is 1. The summed E-state index contributed by atoms with van der Waals surface area (Å²) in [6, 6.07) is 11.8. The molecule has 0 saturated heterocycles. The van der Waals surface area contributed by atoms with Gasteiger partial charge in [-0.25, -0.2) is 17.7 Å². The molecular weight excluding hydrogens is 400 g/mol. The van der Waals surface area contributed by atoms with Gasteiger partial charge < -0.3 is 9.88 Å². The molecule has 1 aromatic heterocycles.